The zero-order valence-corrected chi connectivity index (χ0v) is 12.5. The fraction of sp³-hybridized carbons (Fsp3) is 0.923. The van der Waals surface area contributed by atoms with Crippen molar-refractivity contribution in [2.75, 3.05) is 27.7 Å². The second-order valence-electron chi connectivity index (χ2n) is 5.62. The van der Waals surface area contributed by atoms with E-state index in [9.17, 15) is 0 Å². The molecule has 1 saturated carbocycles. The van der Waals surface area contributed by atoms with Crippen LogP contribution < -0.4 is 5.73 Å². The summed E-state index contributed by atoms with van der Waals surface area (Å²) in [6, 6.07) is 0.491. The van der Waals surface area contributed by atoms with Crippen LogP contribution in [0, 0.1) is 0 Å². The third-order valence-electron chi connectivity index (χ3n) is 4.31. The second-order valence-corrected chi connectivity index (χ2v) is 6.14. The summed E-state index contributed by atoms with van der Waals surface area (Å²) < 4.78 is 0. The van der Waals surface area contributed by atoms with Gasteiger partial charge >= 0.3 is 0 Å². The van der Waals surface area contributed by atoms with Crippen molar-refractivity contribution in [3.63, 3.8) is 0 Å². The molecule has 3 nitrogen and oxygen atoms in total. The molecule has 1 rings (SSSR count). The maximum absolute atomic E-state index is 5.67. The van der Waals surface area contributed by atoms with Crippen LogP contribution in [0.1, 0.15) is 39.0 Å². The molecule has 0 aliphatic heterocycles. The molecular formula is C13H27N3S. The number of hydrogen-bond acceptors (Lipinski definition) is 3. The van der Waals surface area contributed by atoms with Crippen molar-refractivity contribution < 1.29 is 0 Å². The summed E-state index contributed by atoms with van der Waals surface area (Å²) >= 11 is 5.03. The van der Waals surface area contributed by atoms with Gasteiger partial charge in [0.2, 0.25) is 0 Å². The number of rotatable bonds is 7. The quantitative estimate of drug-likeness (QED) is 0.706. The normalized spacial score (nSPS) is 20.4. The monoisotopic (exact) mass is 257 g/mol. The minimum absolute atomic E-state index is 0.387. The number of thiocarbonyl (C=S) groups is 1. The van der Waals surface area contributed by atoms with E-state index in [4.69, 9.17) is 18.0 Å². The zero-order chi connectivity index (χ0) is 13.1. The van der Waals surface area contributed by atoms with Crippen LogP contribution in [0.25, 0.3) is 0 Å². The van der Waals surface area contributed by atoms with Gasteiger partial charge in [0.05, 0.1) is 4.99 Å². The molecule has 1 fully saturated rings. The summed E-state index contributed by atoms with van der Waals surface area (Å²) in [7, 11) is 6.60. The minimum atomic E-state index is 0.387. The standard InChI is InChI=1S/C13H27N3S/c1-5-11(9-12(14)17)16(4)10-13(15(2)3)7-6-8-13/h11H,5-10H2,1-4H3,(H2,14,17). The molecule has 1 atom stereocenters. The third-order valence-corrected chi connectivity index (χ3v) is 4.47. The summed E-state index contributed by atoms with van der Waals surface area (Å²) in [5, 5.41) is 0. The Balaban J connectivity index is 2.56. The molecule has 0 bridgehead atoms. The molecule has 1 aliphatic rings. The number of likely N-dealkylation sites (N-methyl/N-ethyl adjacent to an activating group) is 2. The molecule has 17 heavy (non-hydrogen) atoms. The molecule has 0 spiro atoms. The van der Waals surface area contributed by atoms with Gasteiger partial charge in [0.25, 0.3) is 0 Å². The van der Waals surface area contributed by atoms with Gasteiger partial charge in [-0.25, -0.2) is 0 Å². The van der Waals surface area contributed by atoms with Crippen LogP contribution in [0.3, 0.4) is 0 Å². The average molecular weight is 257 g/mol. The first-order valence-corrected chi connectivity index (χ1v) is 6.98. The zero-order valence-electron chi connectivity index (χ0n) is 11.7. The fourth-order valence-corrected chi connectivity index (χ4v) is 2.96. The summed E-state index contributed by atoms with van der Waals surface area (Å²) in [6.07, 6.45) is 5.93. The Morgan fingerprint density at radius 3 is 2.24 bits per heavy atom. The second kappa shape index (κ2) is 6.12. The minimum Gasteiger partial charge on any atom is -0.393 e. The van der Waals surface area contributed by atoms with Gasteiger partial charge in [-0.2, -0.15) is 0 Å². The first-order chi connectivity index (χ1) is 7.91. The molecule has 4 heteroatoms. The van der Waals surface area contributed by atoms with Crippen molar-refractivity contribution in [1.29, 1.82) is 0 Å². The van der Waals surface area contributed by atoms with Crippen LogP contribution in [0.5, 0.6) is 0 Å². The van der Waals surface area contributed by atoms with Crippen LogP contribution in [-0.2, 0) is 0 Å². The topological polar surface area (TPSA) is 32.5 Å². The molecule has 0 aromatic carbocycles. The lowest BCUT2D eigenvalue weighted by Crippen LogP contribution is -2.58. The predicted molar refractivity (Wildman–Crippen MR) is 78.4 cm³/mol. The summed E-state index contributed by atoms with van der Waals surface area (Å²) in [6.45, 7) is 3.34. The highest BCUT2D eigenvalue weighted by atomic mass is 32.1. The fourth-order valence-electron chi connectivity index (χ4n) is 2.77. The van der Waals surface area contributed by atoms with Gasteiger partial charge in [-0.05, 0) is 46.8 Å². The van der Waals surface area contributed by atoms with E-state index in [2.05, 4.69) is 37.9 Å². The van der Waals surface area contributed by atoms with E-state index in [0.29, 0.717) is 16.6 Å². The van der Waals surface area contributed by atoms with Crippen LogP contribution >= 0.6 is 12.2 Å². The van der Waals surface area contributed by atoms with Crippen molar-refractivity contribution in [3.05, 3.63) is 0 Å². The third kappa shape index (κ3) is 3.63. The Kier molecular flexibility index (Phi) is 5.35. The predicted octanol–water partition coefficient (Wildman–Crippen LogP) is 1.86. The highest BCUT2D eigenvalue weighted by Crippen LogP contribution is 2.37. The van der Waals surface area contributed by atoms with Gasteiger partial charge in [0.15, 0.2) is 0 Å². The smallest absolute Gasteiger partial charge is 0.0743 e. The molecule has 0 aromatic rings. The lowest BCUT2D eigenvalue weighted by atomic mass is 9.75. The highest BCUT2D eigenvalue weighted by Gasteiger charge is 2.40. The van der Waals surface area contributed by atoms with E-state index in [1.807, 2.05) is 0 Å². The van der Waals surface area contributed by atoms with Crippen LogP contribution in [0.4, 0.5) is 0 Å². The molecule has 0 saturated heterocycles. The summed E-state index contributed by atoms with van der Waals surface area (Å²) in [5.74, 6) is 0. The Morgan fingerprint density at radius 1 is 1.35 bits per heavy atom. The SMILES string of the molecule is CCC(CC(N)=S)N(C)CC1(N(C)C)CCC1. The maximum atomic E-state index is 5.67. The molecule has 0 heterocycles. The summed E-state index contributed by atoms with van der Waals surface area (Å²) in [4.78, 5) is 5.47. The highest BCUT2D eigenvalue weighted by molar-refractivity contribution is 7.80. The van der Waals surface area contributed by atoms with Gasteiger partial charge in [0, 0.05) is 24.5 Å². The molecule has 1 unspecified atom stereocenters. The first kappa shape index (κ1) is 14.9. The Bertz CT molecular complexity index is 261. The van der Waals surface area contributed by atoms with Crippen molar-refractivity contribution in [2.45, 2.75) is 50.6 Å². The molecule has 0 radical (unpaired) electrons. The lowest BCUT2D eigenvalue weighted by molar-refractivity contribution is 0.0164. The van der Waals surface area contributed by atoms with E-state index in [1.54, 1.807) is 0 Å². The van der Waals surface area contributed by atoms with Gasteiger partial charge in [-0.1, -0.05) is 19.1 Å². The largest absolute Gasteiger partial charge is 0.393 e. The van der Waals surface area contributed by atoms with E-state index in [0.717, 1.165) is 19.4 Å². The molecule has 0 amide bonds. The van der Waals surface area contributed by atoms with Crippen molar-refractivity contribution >= 4 is 17.2 Å². The molecule has 0 aromatic heterocycles. The van der Waals surface area contributed by atoms with Gasteiger partial charge in [-0.3, -0.25) is 0 Å². The molecular weight excluding hydrogens is 230 g/mol. The van der Waals surface area contributed by atoms with E-state index < -0.39 is 0 Å². The average Bonchev–Trinajstić information content (AvgIpc) is 2.18. The van der Waals surface area contributed by atoms with Crippen LogP contribution in [-0.4, -0.2) is 54.1 Å². The molecule has 100 valence electrons. The number of nitrogens with zero attached hydrogens (tertiary/aromatic N) is 2. The number of nitrogens with two attached hydrogens (primary N) is 1. The van der Waals surface area contributed by atoms with Gasteiger partial charge in [0.1, 0.15) is 0 Å². The van der Waals surface area contributed by atoms with Crippen LogP contribution in [0.2, 0.25) is 0 Å². The van der Waals surface area contributed by atoms with E-state index in [-0.39, 0.29) is 0 Å². The Labute approximate surface area is 111 Å². The van der Waals surface area contributed by atoms with Crippen molar-refractivity contribution in [2.24, 2.45) is 5.73 Å². The van der Waals surface area contributed by atoms with Crippen molar-refractivity contribution in [3.8, 4) is 0 Å². The van der Waals surface area contributed by atoms with Crippen LogP contribution in [0.15, 0.2) is 0 Å². The van der Waals surface area contributed by atoms with E-state index in [1.165, 1.54) is 19.3 Å². The lowest BCUT2D eigenvalue weighted by Gasteiger charge is -2.50. The van der Waals surface area contributed by atoms with Crippen molar-refractivity contribution in [1.82, 2.24) is 9.80 Å². The first-order valence-electron chi connectivity index (χ1n) is 6.57. The molecule has 2 N–H and O–H groups in total. The maximum Gasteiger partial charge on any atom is 0.0743 e. The number of hydrogen-bond donors (Lipinski definition) is 1. The van der Waals surface area contributed by atoms with Gasteiger partial charge < -0.3 is 15.5 Å². The molecule has 1 aliphatic carbocycles. The summed E-state index contributed by atoms with van der Waals surface area (Å²) in [5.41, 5.74) is 6.06. The Morgan fingerprint density at radius 2 is 1.94 bits per heavy atom. The van der Waals surface area contributed by atoms with Gasteiger partial charge in [-0.15, -0.1) is 0 Å². The van der Waals surface area contributed by atoms with E-state index >= 15 is 0 Å². The Hall–Kier alpha value is -0.190.